The summed E-state index contributed by atoms with van der Waals surface area (Å²) in [6.45, 7) is 3.43. The van der Waals surface area contributed by atoms with Crippen LogP contribution in [-0.2, 0) is 31.9 Å². The van der Waals surface area contributed by atoms with Gasteiger partial charge >= 0.3 is 11.9 Å². The van der Waals surface area contributed by atoms with Gasteiger partial charge in [-0.15, -0.1) is 11.3 Å². The number of methoxy groups -OCH3 is 1. The summed E-state index contributed by atoms with van der Waals surface area (Å²) < 4.78 is 10.2. The quantitative estimate of drug-likeness (QED) is 0.769. The fraction of sp³-hybridized carbons (Fsp3) is 0.381. The Morgan fingerprint density at radius 1 is 1.21 bits per heavy atom. The van der Waals surface area contributed by atoms with Crippen molar-refractivity contribution in [1.82, 2.24) is 0 Å². The Balaban J connectivity index is 1.94. The van der Waals surface area contributed by atoms with E-state index in [-0.39, 0.29) is 0 Å². The lowest BCUT2D eigenvalue weighted by molar-refractivity contribution is -0.152. The zero-order valence-electron chi connectivity index (χ0n) is 16.1. The number of nitrogens with one attached hydrogen (secondary N) is 1. The molecule has 1 N–H and O–H groups in total. The smallest absolute Gasteiger partial charge is 0.341 e. The molecule has 0 unspecified atom stereocenters. The molecule has 3 rings (SSSR count). The Hall–Kier alpha value is -2.67. The van der Waals surface area contributed by atoms with Crippen LogP contribution in [0.5, 0.6) is 0 Å². The number of hydrogen-bond donors (Lipinski definition) is 1. The predicted molar refractivity (Wildman–Crippen MR) is 106 cm³/mol. The Bertz CT molecular complexity index is 890. The van der Waals surface area contributed by atoms with Gasteiger partial charge in [-0.2, -0.15) is 0 Å². The van der Waals surface area contributed by atoms with E-state index in [2.05, 4.69) is 12.2 Å². The van der Waals surface area contributed by atoms with Crippen LogP contribution in [0.25, 0.3) is 0 Å². The lowest BCUT2D eigenvalue weighted by atomic mass is 9.88. The first kappa shape index (κ1) is 20.1. The SMILES string of the molecule is COC(=O)c1c(NC(=O)[C@H](OC(C)=O)c2ccccc2)sc2c1CC[C@@H](C)C2. The first-order chi connectivity index (χ1) is 13.4. The molecule has 1 amide bonds. The standard InChI is InChI=1S/C21H23NO5S/c1-12-9-10-15-16(11-12)28-20(17(15)21(25)26-3)22-19(24)18(27-13(2)23)14-7-5-4-6-8-14/h4-8,12,18H,9-11H2,1-3H3,(H,22,24)/t12-,18-/m1/s1. The van der Waals surface area contributed by atoms with Crippen molar-refractivity contribution in [3.63, 3.8) is 0 Å². The van der Waals surface area contributed by atoms with Crippen molar-refractivity contribution >= 4 is 34.2 Å². The molecule has 1 aromatic carbocycles. The summed E-state index contributed by atoms with van der Waals surface area (Å²) in [5.74, 6) is -1.00. The van der Waals surface area contributed by atoms with E-state index in [0.717, 1.165) is 29.7 Å². The number of benzene rings is 1. The van der Waals surface area contributed by atoms with Crippen LogP contribution in [0.4, 0.5) is 5.00 Å². The zero-order valence-corrected chi connectivity index (χ0v) is 16.9. The molecule has 0 bridgehead atoms. The molecule has 1 heterocycles. The lowest BCUT2D eigenvalue weighted by Crippen LogP contribution is -2.25. The molecule has 0 spiro atoms. The van der Waals surface area contributed by atoms with Crippen LogP contribution in [0, 0.1) is 5.92 Å². The van der Waals surface area contributed by atoms with E-state index < -0.39 is 23.9 Å². The van der Waals surface area contributed by atoms with E-state index in [0.29, 0.717) is 22.0 Å². The molecule has 2 atom stereocenters. The van der Waals surface area contributed by atoms with Gasteiger partial charge in [-0.05, 0) is 30.7 Å². The highest BCUT2D eigenvalue weighted by molar-refractivity contribution is 7.17. The number of rotatable bonds is 5. The van der Waals surface area contributed by atoms with Crippen LogP contribution in [0.1, 0.15) is 52.7 Å². The van der Waals surface area contributed by atoms with Crippen molar-refractivity contribution < 1.29 is 23.9 Å². The van der Waals surface area contributed by atoms with Gasteiger partial charge in [-0.3, -0.25) is 9.59 Å². The van der Waals surface area contributed by atoms with Crippen molar-refractivity contribution in [3.8, 4) is 0 Å². The van der Waals surface area contributed by atoms with Crippen LogP contribution in [0.3, 0.4) is 0 Å². The molecule has 0 saturated heterocycles. The molecular formula is C21H23NO5S. The molecule has 0 aliphatic heterocycles. The summed E-state index contributed by atoms with van der Waals surface area (Å²) in [4.78, 5) is 38.0. The average Bonchev–Trinajstić information content (AvgIpc) is 3.02. The fourth-order valence-corrected chi connectivity index (χ4v) is 4.80. The number of thiophene rings is 1. The van der Waals surface area contributed by atoms with Gasteiger partial charge in [0.2, 0.25) is 6.10 Å². The van der Waals surface area contributed by atoms with Gasteiger partial charge in [0.1, 0.15) is 5.00 Å². The summed E-state index contributed by atoms with van der Waals surface area (Å²) in [7, 11) is 1.33. The molecule has 28 heavy (non-hydrogen) atoms. The van der Waals surface area contributed by atoms with E-state index in [1.54, 1.807) is 24.3 Å². The Labute approximate surface area is 167 Å². The second kappa shape index (κ2) is 8.56. The summed E-state index contributed by atoms with van der Waals surface area (Å²) >= 11 is 1.40. The third-order valence-corrected chi connectivity index (χ3v) is 5.93. The van der Waals surface area contributed by atoms with Gasteiger partial charge in [0.25, 0.3) is 5.91 Å². The van der Waals surface area contributed by atoms with Gasteiger partial charge in [-0.1, -0.05) is 37.3 Å². The lowest BCUT2D eigenvalue weighted by Gasteiger charge is -2.18. The number of carbonyl (C=O) groups excluding carboxylic acids is 3. The van der Waals surface area contributed by atoms with E-state index >= 15 is 0 Å². The van der Waals surface area contributed by atoms with Crippen molar-refractivity contribution in [2.45, 2.75) is 39.2 Å². The largest absolute Gasteiger partial charge is 0.465 e. The topological polar surface area (TPSA) is 81.7 Å². The first-order valence-corrected chi connectivity index (χ1v) is 9.98. The van der Waals surface area contributed by atoms with Crippen molar-refractivity contribution in [3.05, 3.63) is 51.9 Å². The van der Waals surface area contributed by atoms with Crippen LogP contribution in [0.2, 0.25) is 0 Å². The van der Waals surface area contributed by atoms with Crippen LogP contribution < -0.4 is 5.32 Å². The highest BCUT2D eigenvalue weighted by Crippen LogP contribution is 2.40. The number of anilines is 1. The molecule has 0 radical (unpaired) electrons. The van der Waals surface area contributed by atoms with Gasteiger partial charge in [0.05, 0.1) is 12.7 Å². The molecular weight excluding hydrogens is 378 g/mol. The zero-order chi connectivity index (χ0) is 20.3. The minimum atomic E-state index is -1.10. The highest BCUT2D eigenvalue weighted by atomic mass is 32.1. The maximum absolute atomic E-state index is 13.0. The third-order valence-electron chi connectivity index (χ3n) is 4.76. The molecule has 1 aliphatic rings. The van der Waals surface area contributed by atoms with Crippen LogP contribution in [0.15, 0.2) is 30.3 Å². The molecule has 2 aromatic rings. The van der Waals surface area contributed by atoms with E-state index in [1.807, 2.05) is 6.07 Å². The number of ether oxygens (including phenoxy) is 2. The number of carbonyl (C=O) groups is 3. The number of esters is 2. The summed E-state index contributed by atoms with van der Waals surface area (Å²) in [5.41, 5.74) is 1.93. The van der Waals surface area contributed by atoms with E-state index in [4.69, 9.17) is 9.47 Å². The average molecular weight is 401 g/mol. The normalized spacial score (nSPS) is 16.6. The molecule has 6 nitrogen and oxygen atoms in total. The number of amides is 1. The predicted octanol–water partition coefficient (Wildman–Crippen LogP) is 3.90. The van der Waals surface area contributed by atoms with Crippen molar-refractivity contribution in [2.75, 3.05) is 12.4 Å². The second-order valence-corrected chi connectivity index (χ2v) is 8.04. The maximum Gasteiger partial charge on any atom is 0.341 e. The minimum absolute atomic E-state index is 0.414. The van der Waals surface area contributed by atoms with E-state index in [1.165, 1.54) is 25.4 Å². The van der Waals surface area contributed by atoms with E-state index in [9.17, 15) is 14.4 Å². The number of fused-ring (bicyclic) bond motifs is 1. The molecule has 0 fully saturated rings. The van der Waals surface area contributed by atoms with Gasteiger partial charge < -0.3 is 14.8 Å². The van der Waals surface area contributed by atoms with Gasteiger partial charge in [-0.25, -0.2) is 4.79 Å². The Kier molecular flexibility index (Phi) is 6.14. The molecule has 1 aromatic heterocycles. The molecule has 0 saturated carbocycles. The summed E-state index contributed by atoms with van der Waals surface area (Å²) in [6.07, 6.45) is 1.54. The molecule has 148 valence electrons. The fourth-order valence-electron chi connectivity index (χ4n) is 3.40. The highest BCUT2D eigenvalue weighted by Gasteiger charge is 2.31. The second-order valence-electron chi connectivity index (χ2n) is 6.94. The van der Waals surface area contributed by atoms with Crippen LogP contribution in [-0.4, -0.2) is 25.0 Å². The Morgan fingerprint density at radius 2 is 1.93 bits per heavy atom. The molecule has 1 aliphatic carbocycles. The maximum atomic E-state index is 13.0. The third kappa shape index (κ3) is 4.25. The van der Waals surface area contributed by atoms with Crippen molar-refractivity contribution in [1.29, 1.82) is 0 Å². The monoisotopic (exact) mass is 401 g/mol. The summed E-state index contributed by atoms with van der Waals surface area (Å²) in [5, 5.41) is 3.25. The molecule has 7 heteroatoms. The first-order valence-electron chi connectivity index (χ1n) is 9.16. The van der Waals surface area contributed by atoms with Crippen LogP contribution >= 0.6 is 11.3 Å². The Morgan fingerprint density at radius 3 is 2.57 bits per heavy atom. The minimum Gasteiger partial charge on any atom is -0.465 e. The number of hydrogen-bond acceptors (Lipinski definition) is 6. The van der Waals surface area contributed by atoms with Crippen molar-refractivity contribution in [2.24, 2.45) is 5.92 Å². The van der Waals surface area contributed by atoms with Gasteiger partial charge in [0.15, 0.2) is 0 Å². The summed E-state index contributed by atoms with van der Waals surface area (Å²) in [6, 6.07) is 8.79. The van der Waals surface area contributed by atoms with Gasteiger partial charge in [0, 0.05) is 17.4 Å².